The molecule has 2 saturated heterocycles. The predicted octanol–water partition coefficient (Wildman–Crippen LogP) is 1.92. The molecule has 3 nitrogen and oxygen atoms in total. The van der Waals surface area contributed by atoms with Gasteiger partial charge in [0.2, 0.25) is 0 Å². The Morgan fingerprint density at radius 2 is 2.06 bits per heavy atom. The highest BCUT2D eigenvalue weighted by Crippen LogP contribution is 2.38. The van der Waals surface area contributed by atoms with Gasteiger partial charge in [0.15, 0.2) is 0 Å². The Bertz CT molecular complexity index is 276. The fourth-order valence-corrected chi connectivity index (χ4v) is 2.88. The molecule has 0 radical (unpaired) electrons. The SMILES string of the molecule is CC(C)=CCN1CCC2(CCC(CN)O2)CC1. The summed E-state index contributed by atoms with van der Waals surface area (Å²) in [6.07, 6.45) is 7.37. The lowest BCUT2D eigenvalue weighted by Gasteiger charge is -2.38. The minimum absolute atomic E-state index is 0.172. The minimum atomic E-state index is 0.172. The maximum atomic E-state index is 6.15. The van der Waals surface area contributed by atoms with Gasteiger partial charge in [-0.1, -0.05) is 11.6 Å². The van der Waals surface area contributed by atoms with E-state index in [1.807, 2.05) is 0 Å². The van der Waals surface area contributed by atoms with E-state index in [2.05, 4.69) is 24.8 Å². The van der Waals surface area contributed by atoms with Crippen LogP contribution in [-0.4, -0.2) is 42.8 Å². The zero-order valence-electron chi connectivity index (χ0n) is 11.2. The van der Waals surface area contributed by atoms with Crippen molar-refractivity contribution >= 4 is 0 Å². The van der Waals surface area contributed by atoms with E-state index in [9.17, 15) is 0 Å². The highest BCUT2D eigenvalue weighted by Gasteiger charge is 2.41. The standard InChI is InChI=1S/C14H26N2O/c1-12(2)4-8-16-9-6-14(7-10-16)5-3-13(11-15)17-14/h4,13H,3,5-11,15H2,1-2H3. The molecule has 2 N–H and O–H groups in total. The van der Waals surface area contributed by atoms with Crippen LogP contribution in [0.3, 0.4) is 0 Å². The zero-order valence-corrected chi connectivity index (χ0v) is 11.2. The van der Waals surface area contributed by atoms with Crippen molar-refractivity contribution in [1.82, 2.24) is 4.90 Å². The number of ether oxygens (including phenoxy) is 1. The summed E-state index contributed by atoms with van der Waals surface area (Å²) in [5, 5.41) is 0. The van der Waals surface area contributed by atoms with Gasteiger partial charge in [0, 0.05) is 26.2 Å². The molecule has 0 aromatic heterocycles. The van der Waals surface area contributed by atoms with Gasteiger partial charge in [0.05, 0.1) is 11.7 Å². The molecule has 2 aliphatic heterocycles. The second-order valence-corrected chi connectivity index (χ2v) is 5.78. The van der Waals surface area contributed by atoms with Gasteiger partial charge in [-0.2, -0.15) is 0 Å². The molecule has 2 heterocycles. The van der Waals surface area contributed by atoms with Gasteiger partial charge in [0.25, 0.3) is 0 Å². The number of nitrogens with zero attached hydrogens (tertiary/aromatic N) is 1. The molecule has 0 aliphatic carbocycles. The van der Waals surface area contributed by atoms with Crippen molar-refractivity contribution in [3.8, 4) is 0 Å². The molecule has 1 spiro atoms. The zero-order chi connectivity index (χ0) is 12.3. The van der Waals surface area contributed by atoms with Crippen molar-refractivity contribution in [3.05, 3.63) is 11.6 Å². The normalized spacial score (nSPS) is 28.5. The molecule has 17 heavy (non-hydrogen) atoms. The Labute approximate surface area is 105 Å². The second-order valence-electron chi connectivity index (χ2n) is 5.78. The van der Waals surface area contributed by atoms with Crippen LogP contribution >= 0.6 is 0 Å². The summed E-state index contributed by atoms with van der Waals surface area (Å²) in [6, 6.07) is 0. The molecular formula is C14H26N2O. The monoisotopic (exact) mass is 238 g/mol. The molecule has 2 aliphatic rings. The van der Waals surface area contributed by atoms with Crippen LogP contribution in [0.25, 0.3) is 0 Å². The summed E-state index contributed by atoms with van der Waals surface area (Å²) in [5.41, 5.74) is 7.27. The lowest BCUT2D eigenvalue weighted by Crippen LogP contribution is -2.44. The van der Waals surface area contributed by atoms with Crippen LogP contribution in [0.4, 0.5) is 0 Å². The average Bonchev–Trinajstić information content (AvgIpc) is 2.72. The van der Waals surface area contributed by atoms with Gasteiger partial charge in [-0.15, -0.1) is 0 Å². The Kier molecular flexibility index (Phi) is 4.23. The fraction of sp³-hybridized carbons (Fsp3) is 0.857. The third kappa shape index (κ3) is 3.30. The maximum Gasteiger partial charge on any atom is 0.0712 e. The molecule has 2 rings (SSSR count). The van der Waals surface area contributed by atoms with Crippen LogP contribution < -0.4 is 5.73 Å². The van der Waals surface area contributed by atoms with E-state index in [-0.39, 0.29) is 5.60 Å². The van der Waals surface area contributed by atoms with Crippen molar-refractivity contribution in [1.29, 1.82) is 0 Å². The molecule has 2 fully saturated rings. The Morgan fingerprint density at radius 1 is 1.35 bits per heavy atom. The first-order chi connectivity index (χ1) is 8.13. The van der Waals surface area contributed by atoms with E-state index in [0.717, 1.165) is 13.0 Å². The van der Waals surface area contributed by atoms with Crippen molar-refractivity contribution in [3.63, 3.8) is 0 Å². The van der Waals surface area contributed by atoms with Gasteiger partial charge < -0.3 is 10.5 Å². The Hall–Kier alpha value is -0.380. The Balaban J connectivity index is 1.80. The van der Waals surface area contributed by atoms with E-state index >= 15 is 0 Å². The van der Waals surface area contributed by atoms with Crippen LogP contribution in [0.5, 0.6) is 0 Å². The van der Waals surface area contributed by atoms with Gasteiger partial charge in [-0.25, -0.2) is 0 Å². The van der Waals surface area contributed by atoms with Gasteiger partial charge in [0.1, 0.15) is 0 Å². The van der Waals surface area contributed by atoms with Crippen LogP contribution in [0.1, 0.15) is 39.5 Å². The lowest BCUT2D eigenvalue weighted by molar-refractivity contribution is -0.0725. The minimum Gasteiger partial charge on any atom is -0.370 e. The number of hydrogen-bond donors (Lipinski definition) is 1. The largest absolute Gasteiger partial charge is 0.370 e. The average molecular weight is 238 g/mol. The third-order valence-corrected chi connectivity index (χ3v) is 4.13. The van der Waals surface area contributed by atoms with E-state index in [1.165, 1.54) is 37.9 Å². The second kappa shape index (κ2) is 5.51. The van der Waals surface area contributed by atoms with E-state index in [1.54, 1.807) is 0 Å². The topological polar surface area (TPSA) is 38.5 Å². The van der Waals surface area contributed by atoms with Gasteiger partial charge in [-0.05, 0) is 39.5 Å². The molecule has 3 heteroatoms. The molecule has 0 amide bonds. The molecular weight excluding hydrogens is 212 g/mol. The number of allylic oxidation sites excluding steroid dienone is 1. The number of likely N-dealkylation sites (tertiary alicyclic amines) is 1. The molecule has 0 aromatic carbocycles. The smallest absolute Gasteiger partial charge is 0.0712 e. The highest BCUT2D eigenvalue weighted by molar-refractivity contribution is 4.98. The number of hydrogen-bond acceptors (Lipinski definition) is 3. The molecule has 0 saturated carbocycles. The van der Waals surface area contributed by atoms with Crippen molar-refractivity contribution in [2.75, 3.05) is 26.2 Å². The summed E-state index contributed by atoms with van der Waals surface area (Å²) >= 11 is 0. The molecule has 98 valence electrons. The van der Waals surface area contributed by atoms with E-state index in [4.69, 9.17) is 10.5 Å². The third-order valence-electron chi connectivity index (χ3n) is 4.13. The number of piperidine rings is 1. The first-order valence-electron chi connectivity index (χ1n) is 6.87. The number of nitrogens with two attached hydrogens (primary N) is 1. The van der Waals surface area contributed by atoms with Gasteiger partial charge in [-0.3, -0.25) is 4.90 Å². The summed E-state index contributed by atoms with van der Waals surface area (Å²) in [7, 11) is 0. The number of rotatable bonds is 3. The van der Waals surface area contributed by atoms with Crippen LogP contribution in [0.15, 0.2) is 11.6 Å². The summed E-state index contributed by atoms with van der Waals surface area (Å²) in [6.45, 7) is 8.44. The van der Waals surface area contributed by atoms with Crippen LogP contribution in [0, 0.1) is 0 Å². The Morgan fingerprint density at radius 3 is 2.59 bits per heavy atom. The van der Waals surface area contributed by atoms with Crippen molar-refractivity contribution in [2.45, 2.75) is 51.2 Å². The molecule has 1 atom stereocenters. The molecule has 0 aromatic rings. The fourth-order valence-electron chi connectivity index (χ4n) is 2.88. The summed E-state index contributed by atoms with van der Waals surface area (Å²) < 4.78 is 6.15. The first-order valence-corrected chi connectivity index (χ1v) is 6.87. The lowest BCUT2D eigenvalue weighted by atomic mass is 9.88. The van der Waals surface area contributed by atoms with Crippen molar-refractivity contribution in [2.24, 2.45) is 5.73 Å². The highest BCUT2D eigenvalue weighted by atomic mass is 16.5. The maximum absolute atomic E-state index is 6.15. The summed E-state index contributed by atoms with van der Waals surface area (Å²) in [4.78, 5) is 2.53. The van der Waals surface area contributed by atoms with Crippen LogP contribution in [-0.2, 0) is 4.74 Å². The predicted molar refractivity (Wildman–Crippen MR) is 71.0 cm³/mol. The first kappa shape index (κ1) is 13.1. The van der Waals surface area contributed by atoms with E-state index in [0.29, 0.717) is 12.6 Å². The van der Waals surface area contributed by atoms with Crippen molar-refractivity contribution < 1.29 is 4.74 Å². The van der Waals surface area contributed by atoms with Crippen LogP contribution in [0.2, 0.25) is 0 Å². The molecule has 0 bridgehead atoms. The van der Waals surface area contributed by atoms with E-state index < -0.39 is 0 Å². The van der Waals surface area contributed by atoms with Gasteiger partial charge >= 0.3 is 0 Å². The molecule has 1 unspecified atom stereocenters. The summed E-state index contributed by atoms with van der Waals surface area (Å²) in [5.74, 6) is 0. The quantitative estimate of drug-likeness (QED) is 0.764.